The monoisotopic (exact) mass is 423 g/mol. The molecule has 0 saturated carbocycles. The van der Waals surface area contributed by atoms with Crippen LogP contribution in [0.4, 0.5) is 0 Å². The third-order valence-corrected chi connectivity index (χ3v) is 5.03. The van der Waals surface area contributed by atoms with Gasteiger partial charge in [-0.1, -0.05) is 6.08 Å². The fraction of sp³-hybridized carbons (Fsp3) is 0.524. The molecule has 0 spiro atoms. The molecule has 0 heterocycles. The van der Waals surface area contributed by atoms with E-state index in [1.165, 1.54) is 38.4 Å². The summed E-state index contributed by atoms with van der Waals surface area (Å²) in [5.41, 5.74) is 1.01. The molecular weight excluding hydrogens is 394 g/mol. The van der Waals surface area contributed by atoms with Gasteiger partial charge in [0.05, 0.1) is 20.3 Å². The second-order valence-electron chi connectivity index (χ2n) is 7.17. The second-order valence-corrected chi connectivity index (χ2v) is 7.17. The molecule has 4 atom stereocenters. The van der Waals surface area contributed by atoms with Gasteiger partial charge in [-0.15, -0.1) is 0 Å². The Hall–Kier alpha value is -2.46. The average molecular weight is 423 g/mol. The molecule has 1 aliphatic carbocycles. The highest BCUT2D eigenvalue weighted by molar-refractivity contribution is 5.85. The molecule has 0 saturated heterocycles. The molecule has 9 heteroatoms. The van der Waals surface area contributed by atoms with Crippen LogP contribution < -0.4 is 9.47 Å². The van der Waals surface area contributed by atoms with Crippen LogP contribution in [-0.4, -0.2) is 87.8 Å². The summed E-state index contributed by atoms with van der Waals surface area (Å²) in [7, 11) is 7.58. The number of ether oxygens (including phenoxy) is 4. The minimum Gasteiger partial charge on any atom is -0.493 e. The highest BCUT2D eigenvalue weighted by atomic mass is 16.7. The largest absolute Gasteiger partial charge is 0.493 e. The summed E-state index contributed by atoms with van der Waals surface area (Å²) in [5, 5.41) is 21.6. The van der Waals surface area contributed by atoms with E-state index in [2.05, 4.69) is 0 Å². The van der Waals surface area contributed by atoms with Crippen molar-refractivity contribution in [2.75, 3.05) is 42.2 Å². The lowest BCUT2D eigenvalue weighted by Crippen LogP contribution is -2.48. The summed E-state index contributed by atoms with van der Waals surface area (Å²) in [5.74, 6) is -0.122. The number of rotatable bonds is 9. The first kappa shape index (κ1) is 23.8. The molecular formula is C21H29NO8. The number of hydrogen-bond acceptors (Lipinski definition) is 8. The van der Waals surface area contributed by atoms with Gasteiger partial charge < -0.3 is 34.1 Å². The van der Waals surface area contributed by atoms with Crippen molar-refractivity contribution in [2.45, 2.75) is 24.7 Å². The normalized spacial score (nSPS) is 23.5. The number of carbonyl (C=O) groups excluding carboxylic acids is 2. The number of aliphatic hydroxyl groups excluding tert-OH is 2. The zero-order chi connectivity index (χ0) is 22.4. The van der Waals surface area contributed by atoms with Crippen molar-refractivity contribution < 1.29 is 38.7 Å². The third-order valence-electron chi connectivity index (χ3n) is 5.03. The Morgan fingerprint density at radius 1 is 1.17 bits per heavy atom. The van der Waals surface area contributed by atoms with E-state index >= 15 is 0 Å². The molecule has 1 aromatic rings. The number of hydrogen-bond donors (Lipinski definition) is 2. The fourth-order valence-electron chi connectivity index (χ4n) is 3.49. The van der Waals surface area contributed by atoms with E-state index in [4.69, 9.17) is 18.9 Å². The summed E-state index contributed by atoms with van der Waals surface area (Å²) in [6.07, 6.45) is -1.19. The van der Waals surface area contributed by atoms with Crippen molar-refractivity contribution >= 4 is 17.8 Å². The van der Waals surface area contributed by atoms with E-state index in [1.807, 2.05) is 0 Å². The zero-order valence-corrected chi connectivity index (χ0v) is 17.8. The fourth-order valence-corrected chi connectivity index (χ4v) is 3.49. The van der Waals surface area contributed by atoms with Gasteiger partial charge in [-0.05, 0) is 17.7 Å². The number of aliphatic hydroxyl groups is 2. The molecule has 0 bridgehead atoms. The van der Waals surface area contributed by atoms with Gasteiger partial charge in [0.2, 0.25) is 5.91 Å². The Morgan fingerprint density at radius 2 is 1.87 bits per heavy atom. The molecule has 1 aromatic carbocycles. The molecule has 1 amide bonds. The van der Waals surface area contributed by atoms with Crippen molar-refractivity contribution in [3.63, 3.8) is 0 Å². The third kappa shape index (κ3) is 4.99. The molecule has 0 unspecified atom stereocenters. The Bertz CT molecular complexity index is 791. The van der Waals surface area contributed by atoms with E-state index in [1.54, 1.807) is 20.2 Å². The Balaban J connectivity index is 2.61. The predicted molar refractivity (Wildman–Crippen MR) is 108 cm³/mol. The SMILES string of the molecule is COCO[C@H]1[C@H](O)[C@H](O)C(c2cc(C=O)cc(OC)c2OC)=C[C@H]1CC(=O)N(C)C. The Kier molecular flexibility index (Phi) is 8.36. The molecule has 0 aliphatic heterocycles. The second kappa shape index (κ2) is 10.5. The van der Waals surface area contributed by atoms with Crippen LogP contribution in [0.25, 0.3) is 5.57 Å². The van der Waals surface area contributed by atoms with Crippen LogP contribution in [-0.2, 0) is 14.3 Å². The Labute approximate surface area is 175 Å². The smallest absolute Gasteiger partial charge is 0.222 e. The Morgan fingerprint density at radius 3 is 2.40 bits per heavy atom. The maximum Gasteiger partial charge on any atom is 0.222 e. The number of methoxy groups -OCH3 is 3. The lowest BCUT2D eigenvalue weighted by molar-refractivity contribution is -0.152. The van der Waals surface area contributed by atoms with Crippen LogP contribution in [0.2, 0.25) is 0 Å². The van der Waals surface area contributed by atoms with Crippen molar-refractivity contribution in [1.82, 2.24) is 4.90 Å². The molecule has 1 aliphatic rings. The van der Waals surface area contributed by atoms with Crippen molar-refractivity contribution in [3.05, 3.63) is 29.3 Å². The molecule has 2 rings (SSSR count). The van der Waals surface area contributed by atoms with Crippen molar-refractivity contribution in [1.29, 1.82) is 0 Å². The molecule has 2 N–H and O–H groups in total. The highest BCUT2D eigenvalue weighted by Gasteiger charge is 2.41. The van der Waals surface area contributed by atoms with Gasteiger partial charge in [0.25, 0.3) is 0 Å². The topological polar surface area (TPSA) is 115 Å². The van der Waals surface area contributed by atoms with Crippen molar-refractivity contribution in [3.8, 4) is 11.5 Å². The van der Waals surface area contributed by atoms with Crippen LogP contribution in [0.15, 0.2) is 18.2 Å². The summed E-state index contributed by atoms with van der Waals surface area (Å²) in [6, 6.07) is 3.05. The predicted octanol–water partition coefficient (Wildman–Crippen LogP) is 0.719. The molecule has 30 heavy (non-hydrogen) atoms. The standard InChI is InChI=1S/C21H29NO8/c1-22(2)17(24)9-13-8-14(18(25)19(26)20(13)30-11-27-3)15-6-12(10-23)7-16(28-4)21(15)29-5/h6-8,10,13,18-20,25-26H,9,11H2,1-5H3/t13-,18+,19+,20+/m0/s1. The minimum atomic E-state index is -1.35. The van der Waals surface area contributed by atoms with Gasteiger partial charge in [0, 0.05) is 44.7 Å². The maximum atomic E-state index is 12.4. The first-order chi connectivity index (χ1) is 14.3. The van der Waals surface area contributed by atoms with Gasteiger partial charge in [0.15, 0.2) is 11.5 Å². The first-order valence-corrected chi connectivity index (χ1v) is 9.39. The maximum absolute atomic E-state index is 12.4. The molecule has 0 aromatic heterocycles. The van der Waals surface area contributed by atoms with Gasteiger partial charge in [-0.3, -0.25) is 9.59 Å². The molecule has 0 radical (unpaired) electrons. The van der Waals surface area contributed by atoms with Crippen LogP contribution >= 0.6 is 0 Å². The van der Waals surface area contributed by atoms with E-state index in [0.29, 0.717) is 34.5 Å². The molecule has 166 valence electrons. The van der Waals surface area contributed by atoms with Crippen LogP contribution in [0, 0.1) is 5.92 Å². The van der Waals surface area contributed by atoms with E-state index in [9.17, 15) is 19.8 Å². The number of nitrogens with zero attached hydrogens (tertiary/aromatic N) is 1. The summed E-state index contributed by atoms with van der Waals surface area (Å²) in [6.45, 7) is -0.109. The number of benzene rings is 1. The van der Waals surface area contributed by atoms with E-state index < -0.39 is 24.2 Å². The van der Waals surface area contributed by atoms with Gasteiger partial charge in [-0.25, -0.2) is 0 Å². The number of amides is 1. The van der Waals surface area contributed by atoms with E-state index in [-0.39, 0.29) is 19.1 Å². The molecule has 9 nitrogen and oxygen atoms in total. The zero-order valence-electron chi connectivity index (χ0n) is 17.8. The quantitative estimate of drug-likeness (QED) is 0.441. The van der Waals surface area contributed by atoms with E-state index in [0.717, 1.165) is 0 Å². The number of aldehydes is 1. The minimum absolute atomic E-state index is 0.0431. The van der Waals surface area contributed by atoms with Crippen LogP contribution in [0.5, 0.6) is 11.5 Å². The first-order valence-electron chi connectivity index (χ1n) is 9.39. The summed E-state index contributed by atoms with van der Waals surface area (Å²) < 4.78 is 21.3. The number of carbonyl (C=O) groups is 2. The lowest BCUT2D eigenvalue weighted by Gasteiger charge is -2.38. The summed E-state index contributed by atoms with van der Waals surface area (Å²) in [4.78, 5) is 25.2. The lowest BCUT2D eigenvalue weighted by atomic mass is 9.79. The van der Waals surface area contributed by atoms with Gasteiger partial charge in [0.1, 0.15) is 25.3 Å². The highest BCUT2D eigenvalue weighted by Crippen LogP contribution is 2.42. The van der Waals surface area contributed by atoms with Crippen LogP contribution in [0.3, 0.4) is 0 Å². The van der Waals surface area contributed by atoms with Crippen molar-refractivity contribution in [2.24, 2.45) is 5.92 Å². The molecule has 0 fully saturated rings. The average Bonchev–Trinajstić information content (AvgIpc) is 2.74. The van der Waals surface area contributed by atoms with Crippen LogP contribution in [0.1, 0.15) is 22.3 Å². The van der Waals surface area contributed by atoms with Gasteiger partial charge >= 0.3 is 0 Å². The van der Waals surface area contributed by atoms with Gasteiger partial charge in [-0.2, -0.15) is 0 Å². The summed E-state index contributed by atoms with van der Waals surface area (Å²) >= 11 is 0.